The second-order valence-electron chi connectivity index (χ2n) is 5.67. The van der Waals surface area contributed by atoms with Gasteiger partial charge in [0.05, 0.1) is 7.11 Å². The van der Waals surface area contributed by atoms with E-state index in [-0.39, 0.29) is 23.2 Å². The summed E-state index contributed by atoms with van der Waals surface area (Å²) >= 11 is 0. The molecule has 5 nitrogen and oxygen atoms in total. The van der Waals surface area contributed by atoms with Crippen molar-refractivity contribution in [2.75, 3.05) is 20.2 Å². The molecule has 2 atom stereocenters. The van der Waals surface area contributed by atoms with Crippen molar-refractivity contribution in [3.63, 3.8) is 0 Å². The summed E-state index contributed by atoms with van der Waals surface area (Å²) in [4.78, 5) is 24.2. The van der Waals surface area contributed by atoms with E-state index in [0.29, 0.717) is 0 Å². The molecule has 2 N–H and O–H groups in total. The number of carbonyl (C=O) groups excluding carboxylic acids is 2. The second-order valence-corrected chi connectivity index (χ2v) is 5.67. The summed E-state index contributed by atoms with van der Waals surface area (Å²) in [7, 11) is 1.36. The number of methoxy groups -OCH3 is 1. The molecule has 1 heterocycles. The average Bonchev–Trinajstić information content (AvgIpc) is 2.43. The quantitative estimate of drug-likeness (QED) is 0.734. The molecular weight excluding hydrogens is 244 g/mol. The van der Waals surface area contributed by atoms with Crippen molar-refractivity contribution in [3.8, 4) is 0 Å². The maximum atomic E-state index is 12.4. The van der Waals surface area contributed by atoms with Crippen LogP contribution in [0.3, 0.4) is 0 Å². The molecule has 0 bridgehead atoms. The molecule has 110 valence electrons. The SMILES string of the molecule is CCC(C)C(NC(=O)C1(C)CCNCC1)C(=O)OC. The van der Waals surface area contributed by atoms with Crippen LogP contribution in [0.2, 0.25) is 0 Å². The Balaban J connectivity index is 2.72. The number of hydrogen-bond acceptors (Lipinski definition) is 4. The number of piperidine rings is 1. The van der Waals surface area contributed by atoms with Gasteiger partial charge in [0.1, 0.15) is 6.04 Å². The van der Waals surface area contributed by atoms with E-state index in [0.717, 1.165) is 32.4 Å². The number of carbonyl (C=O) groups is 2. The molecule has 1 aliphatic rings. The Kier molecular flexibility index (Phi) is 5.79. The van der Waals surface area contributed by atoms with Crippen molar-refractivity contribution in [1.82, 2.24) is 10.6 Å². The van der Waals surface area contributed by atoms with Gasteiger partial charge in [-0.3, -0.25) is 4.79 Å². The minimum atomic E-state index is -0.547. The smallest absolute Gasteiger partial charge is 0.328 e. The number of amides is 1. The first-order valence-corrected chi connectivity index (χ1v) is 7.04. The highest BCUT2D eigenvalue weighted by Gasteiger charge is 2.37. The van der Waals surface area contributed by atoms with Crippen molar-refractivity contribution in [1.29, 1.82) is 0 Å². The average molecular weight is 270 g/mol. The predicted octanol–water partition coefficient (Wildman–Crippen LogP) is 1.08. The fourth-order valence-corrected chi connectivity index (χ4v) is 2.32. The Morgan fingerprint density at radius 2 is 1.95 bits per heavy atom. The van der Waals surface area contributed by atoms with Crippen LogP contribution in [0.15, 0.2) is 0 Å². The first kappa shape index (κ1) is 16.0. The van der Waals surface area contributed by atoms with Crippen LogP contribution in [0.1, 0.15) is 40.0 Å². The summed E-state index contributed by atoms with van der Waals surface area (Å²) in [5, 5.41) is 6.13. The lowest BCUT2D eigenvalue weighted by molar-refractivity contribution is -0.148. The number of nitrogens with one attached hydrogen (secondary N) is 2. The molecule has 0 radical (unpaired) electrons. The summed E-state index contributed by atoms with van der Waals surface area (Å²) in [6.07, 6.45) is 2.42. The normalized spacial score (nSPS) is 21.3. The number of rotatable bonds is 5. The van der Waals surface area contributed by atoms with Gasteiger partial charge >= 0.3 is 5.97 Å². The van der Waals surface area contributed by atoms with Gasteiger partial charge < -0.3 is 15.4 Å². The van der Waals surface area contributed by atoms with Gasteiger partial charge in [0, 0.05) is 5.41 Å². The van der Waals surface area contributed by atoms with E-state index >= 15 is 0 Å². The Hall–Kier alpha value is -1.10. The predicted molar refractivity (Wildman–Crippen MR) is 73.6 cm³/mol. The van der Waals surface area contributed by atoms with Crippen LogP contribution < -0.4 is 10.6 Å². The lowest BCUT2D eigenvalue weighted by Crippen LogP contribution is -2.53. The number of esters is 1. The number of ether oxygens (including phenoxy) is 1. The van der Waals surface area contributed by atoms with Crippen molar-refractivity contribution in [2.45, 2.75) is 46.1 Å². The number of hydrogen-bond donors (Lipinski definition) is 2. The van der Waals surface area contributed by atoms with Crippen LogP contribution in [0.4, 0.5) is 0 Å². The van der Waals surface area contributed by atoms with Crippen molar-refractivity contribution in [2.24, 2.45) is 11.3 Å². The maximum absolute atomic E-state index is 12.4. The Morgan fingerprint density at radius 1 is 1.37 bits per heavy atom. The third-order valence-electron chi connectivity index (χ3n) is 4.21. The van der Waals surface area contributed by atoms with E-state index in [4.69, 9.17) is 4.74 Å². The molecule has 1 rings (SSSR count). The molecule has 5 heteroatoms. The van der Waals surface area contributed by atoms with E-state index in [1.165, 1.54) is 7.11 Å². The Bertz CT molecular complexity index is 325. The Morgan fingerprint density at radius 3 is 2.42 bits per heavy atom. The molecule has 1 aliphatic heterocycles. The highest BCUT2D eigenvalue weighted by Crippen LogP contribution is 2.28. The minimum absolute atomic E-state index is 0.0373. The zero-order valence-electron chi connectivity index (χ0n) is 12.4. The van der Waals surface area contributed by atoms with Crippen LogP contribution in [-0.2, 0) is 14.3 Å². The maximum Gasteiger partial charge on any atom is 0.328 e. The first-order chi connectivity index (χ1) is 8.94. The highest BCUT2D eigenvalue weighted by atomic mass is 16.5. The minimum Gasteiger partial charge on any atom is -0.467 e. The van der Waals surface area contributed by atoms with Crippen LogP contribution in [0.5, 0.6) is 0 Å². The van der Waals surface area contributed by atoms with Gasteiger partial charge in [0.2, 0.25) is 5.91 Å². The van der Waals surface area contributed by atoms with Gasteiger partial charge in [-0.2, -0.15) is 0 Å². The van der Waals surface area contributed by atoms with E-state index in [9.17, 15) is 9.59 Å². The van der Waals surface area contributed by atoms with Gasteiger partial charge in [-0.05, 0) is 31.8 Å². The summed E-state index contributed by atoms with van der Waals surface area (Å²) in [5.41, 5.74) is -0.384. The lowest BCUT2D eigenvalue weighted by atomic mass is 9.79. The van der Waals surface area contributed by atoms with E-state index in [2.05, 4.69) is 10.6 Å². The van der Waals surface area contributed by atoms with Gasteiger partial charge in [0.15, 0.2) is 0 Å². The van der Waals surface area contributed by atoms with Crippen molar-refractivity contribution >= 4 is 11.9 Å². The first-order valence-electron chi connectivity index (χ1n) is 7.04. The zero-order chi connectivity index (χ0) is 14.5. The molecule has 0 aromatic heterocycles. The molecule has 1 fully saturated rings. The molecule has 1 saturated heterocycles. The van der Waals surface area contributed by atoms with Gasteiger partial charge in [0.25, 0.3) is 0 Å². The van der Waals surface area contributed by atoms with E-state index in [1.807, 2.05) is 20.8 Å². The van der Waals surface area contributed by atoms with Gasteiger partial charge in [-0.25, -0.2) is 4.79 Å². The standard InChI is InChI=1S/C14H26N2O3/c1-5-10(2)11(12(17)19-4)16-13(18)14(3)6-8-15-9-7-14/h10-11,15H,5-9H2,1-4H3,(H,16,18). The van der Waals surface area contributed by atoms with Crippen molar-refractivity contribution < 1.29 is 14.3 Å². The second kappa shape index (κ2) is 6.89. The van der Waals surface area contributed by atoms with Crippen LogP contribution in [-0.4, -0.2) is 38.1 Å². The van der Waals surface area contributed by atoms with Crippen LogP contribution in [0, 0.1) is 11.3 Å². The summed E-state index contributed by atoms with van der Waals surface area (Å²) in [6, 6.07) is -0.547. The molecule has 0 saturated carbocycles. The van der Waals surface area contributed by atoms with Crippen molar-refractivity contribution in [3.05, 3.63) is 0 Å². The van der Waals surface area contributed by atoms with E-state index in [1.54, 1.807) is 0 Å². The molecule has 19 heavy (non-hydrogen) atoms. The fraction of sp³-hybridized carbons (Fsp3) is 0.857. The Labute approximate surface area is 115 Å². The van der Waals surface area contributed by atoms with Crippen LogP contribution in [0.25, 0.3) is 0 Å². The summed E-state index contributed by atoms with van der Waals surface area (Å²) < 4.78 is 4.79. The van der Waals surface area contributed by atoms with Gasteiger partial charge in [-0.1, -0.05) is 27.2 Å². The summed E-state index contributed by atoms with van der Waals surface area (Å²) in [5.74, 6) is -0.327. The molecule has 0 aromatic carbocycles. The lowest BCUT2D eigenvalue weighted by Gasteiger charge is -2.34. The summed E-state index contributed by atoms with van der Waals surface area (Å²) in [6.45, 7) is 7.60. The molecule has 0 spiro atoms. The third-order valence-corrected chi connectivity index (χ3v) is 4.21. The molecule has 0 aromatic rings. The third kappa shape index (κ3) is 3.93. The fourth-order valence-electron chi connectivity index (χ4n) is 2.32. The topological polar surface area (TPSA) is 67.4 Å². The highest BCUT2D eigenvalue weighted by molar-refractivity contribution is 5.88. The molecular formula is C14H26N2O3. The van der Waals surface area contributed by atoms with Gasteiger partial charge in [-0.15, -0.1) is 0 Å². The molecule has 2 unspecified atom stereocenters. The van der Waals surface area contributed by atoms with Crippen LogP contribution >= 0.6 is 0 Å². The molecule has 0 aliphatic carbocycles. The van der Waals surface area contributed by atoms with E-state index < -0.39 is 6.04 Å². The largest absolute Gasteiger partial charge is 0.467 e. The monoisotopic (exact) mass is 270 g/mol. The zero-order valence-corrected chi connectivity index (χ0v) is 12.4. The molecule has 1 amide bonds.